The van der Waals surface area contributed by atoms with Gasteiger partial charge in [0.1, 0.15) is 4.90 Å². The number of hydrogen-bond donors (Lipinski definition) is 0. The van der Waals surface area contributed by atoms with E-state index in [1.165, 1.54) is 12.1 Å². The van der Waals surface area contributed by atoms with Gasteiger partial charge in [0.25, 0.3) is 9.05 Å². The number of nitrogens with zero attached hydrogens (tertiary/aromatic N) is 1. The van der Waals surface area contributed by atoms with E-state index < -0.39 is 9.05 Å². The SMILES string of the molecule is CN(C)c1ccc(Cl)c(S(=O)(=O)Cl)c1. The fourth-order valence-electron chi connectivity index (χ4n) is 0.957. The van der Waals surface area contributed by atoms with E-state index in [0.29, 0.717) is 0 Å². The lowest BCUT2D eigenvalue weighted by Crippen LogP contribution is -2.09. The number of hydrogen-bond acceptors (Lipinski definition) is 3. The van der Waals surface area contributed by atoms with Crippen molar-refractivity contribution in [2.45, 2.75) is 4.90 Å². The van der Waals surface area contributed by atoms with Gasteiger partial charge in [0.15, 0.2) is 0 Å². The Morgan fingerprint density at radius 1 is 1.29 bits per heavy atom. The Balaban J connectivity index is 3.37. The van der Waals surface area contributed by atoms with Gasteiger partial charge in [0.2, 0.25) is 0 Å². The first-order valence-electron chi connectivity index (χ1n) is 3.74. The van der Waals surface area contributed by atoms with E-state index in [0.717, 1.165) is 5.69 Å². The molecule has 0 bridgehead atoms. The van der Waals surface area contributed by atoms with E-state index in [2.05, 4.69) is 0 Å². The first-order chi connectivity index (χ1) is 6.32. The smallest absolute Gasteiger partial charge is 0.262 e. The summed E-state index contributed by atoms with van der Waals surface area (Å²) in [6.07, 6.45) is 0. The molecule has 1 rings (SSSR count). The quantitative estimate of drug-likeness (QED) is 0.760. The van der Waals surface area contributed by atoms with Crippen LogP contribution >= 0.6 is 22.3 Å². The molecule has 0 spiro atoms. The van der Waals surface area contributed by atoms with E-state index in [1.807, 2.05) is 0 Å². The fourth-order valence-corrected chi connectivity index (χ4v) is 2.44. The molecule has 0 saturated carbocycles. The molecule has 0 unspecified atom stereocenters. The second-order valence-electron chi connectivity index (χ2n) is 2.95. The zero-order chi connectivity index (χ0) is 10.9. The highest BCUT2D eigenvalue weighted by Gasteiger charge is 2.15. The minimum Gasteiger partial charge on any atom is -0.378 e. The molecule has 6 heteroatoms. The van der Waals surface area contributed by atoms with Crippen LogP contribution in [0.4, 0.5) is 5.69 Å². The summed E-state index contributed by atoms with van der Waals surface area (Å²) in [4.78, 5) is 1.70. The maximum absolute atomic E-state index is 11.1. The van der Waals surface area contributed by atoms with Crippen LogP contribution in [0.25, 0.3) is 0 Å². The van der Waals surface area contributed by atoms with Crippen LogP contribution in [0.5, 0.6) is 0 Å². The third-order valence-electron chi connectivity index (χ3n) is 1.69. The normalized spacial score (nSPS) is 11.4. The van der Waals surface area contributed by atoms with Crippen LogP contribution in [0.2, 0.25) is 5.02 Å². The molecule has 78 valence electrons. The predicted molar refractivity (Wildman–Crippen MR) is 58.8 cm³/mol. The molecule has 0 fully saturated rings. The Morgan fingerprint density at radius 3 is 2.29 bits per heavy atom. The van der Waals surface area contributed by atoms with Crippen molar-refractivity contribution in [3.8, 4) is 0 Å². The molecule has 0 saturated heterocycles. The average molecular weight is 254 g/mol. The molecule has 14 heavy (non-hydrogen) atoms. The van der Waals surface area contributed by atoms with Crippen molar-refractivity contribution in [3.05, 3.63) is 23.2 Å². The monoisotopic (exact) mass is 253 g/mol. The third-order valence-corrected chi connectivity index (χ3v) is 3.50. The Hall–Kier alpha value is -0.450. The van der Waals surface area contributed by atoms with Gasteiger partial charge in [-0.25, -0.2) is 8.42 Å². The van der Waals surface area contributed by atoms with Gasteiger partial charge in [-0.3, -0.25) is 0 Å². The molecule has 0 aromatic heterocycles. The van der Waals surface area contributed by atoms with Crippen LogP contribution in [0.1, 0.15) is 0 Å². The number of benzene rings is 1. The van der Waals surface area contributed by atoms with Crippen molar-refractivity contribution in [3.63, 3.8) is 0 Å². The van der Waals surface area contributed by atoms with Crippen molar-refractivity contribution in [1.82, 2.24) is 0 Å². The minimum absolute atomic E-state index is 0.0629. The zero-order valence-corrected chi connectivity index (χ0v) is 9.99. The van der Waals surface area contributed by atoms with Gasteiger partial charge in [-0.15, -0.1) is 0 Å². The predicted octanol–water partition coefficient (Wildman–Crippen LogP) is 2.33. The van der Waals surface area contributed by atoms with Crippen LogP contribution in [0.3, 0.4) is 0 Å². The number of halogens is 2. The summed E-state index contributed by atoms with van der Waals surface area (Å²) in [5.41, 5.74) is 0.730. The summed E-state index contributed by atoms with van der Waals surface area (Å²) in [6, 6.07) is 4.66. The molecule has 0 radical (unpaired) electrons. The van der Waals surface area contributed by atoms with Gasteiger partial charge in [0.05, 0.1) is 5.02 Å². The van der Waals surface area contributed by atoms with Gasteiger partial charge < -0.3 is 4.90 Å². The van der Waals surface area contributed by atoms with Crippen molar-refractivity contribution in [2.75, 3.05) is 19.0 Å². The Kier molecular flexibility index (Phi) is 3.29. The topological polar surface area (TPSA) is 37.4 Å². The molecule has 0 atom stereocenters. The highest BCUT2D eigenvalue weighted by atomic mass is 35.7. The number of rotatable bonds is 2. The molecule has 0 aliphatic heterocycles. The Morgan fingerprint density at radius 2 is 1.86 bits per heavy atom. The highest BCUT2D eigenvalue weighted by molar-refractivity contribution is 8.13. The highest BCUT2D eigenvalue weighted by Crippen LogP contribution is 2.28. The molecule has 1 aromatic rings. The summed E-state index contributed by atoms with van der Waals surface area (Å²) >= 11 is 5.70. The fraction of sp³-hybridized carbons (Fsp3) is 0.250. The summed E-state index contributed by atoms with van der Waals surface area (Å²) < 4.78 is 22.2. The van der Waals surface area contributed by atoms with E-state index in [4.69, 9.17) is 22.3 Å². The van der Waals surface area contributed by atoms with Gasteiger partial charge in [-0.2, -0.15) is 0 Å². The van der Waals surface area contributed by atoms with Crippen LogP contribution < -0.4 is 4.90 Å². The van der Waals surface area contributed by atoms with E-state index >= 15 is 0 Å². The lowest BCUT2D eigenvalue weighted by Gasteiger charge is -2.13. The zero-order valence-electron chi connectivity index (χ0n) is 7.66. The van der Waals surface area contributed by atoms with Crippen LogP contribution in [0.15, 0.2) is 23.1 Å². The molecule has 0 aliphatic rings. The first-order valence-corrected chi connectivity index (χ1v) is 6.42. The molecular weight excluding hydrogens is 245 g/mol. The lowest BCUT2D eigenvalue weighted by molar-refractivity contribution is 0.609. The van der Waals surface area contributed by atoms with E-state index in [9.17, 15) is 8.42 Å². The van der Waals surface area contributed by atoms with Gasteiger partial charge in [-0.05, 0) is 18.2 Å². The van der Waals surface area contributed by atoms with E-state index in [-0.39, 0.29) is 9.92 Å². The van der Waals surface area contributed by atoms with Gasteiger partial charge in [0, 0.05) is 30.5 Å². The summed E-state index contributed by atoms with van der Waals surface area (Å²) in [6.45, 7) is 0. The Bertz CT molecular complexity index is 443. The Labute approximate surface area is 92.7 Å². The molecule has 0 amide bonds. The van der Waals surface area contributed by atoms with Crippen molar-refractivity contribution < 1.29 is 8.42 Å². The first kappa shape index (κ1) is 11.6. The summed E-state index contributed by atoms with van der Waals surface area (Å²) in [5.74, 6) is 0. The van der Waals surface area contributed by atoms with Gasteiger partial charge >= 0.3 is 0 Å². The second-order valence-corrected chi connectivity index (χ2v) is 5.89. The second kappa shape index (κ2) is 3.96. The lowest BCUT2D eigenvalue weighted by atomic mass is 10.3. The molecule has 1 aromatic carbocycles. The maximum Gasteiger partial charge on any atom is 0.262 e. The standard InChI is InChI=1S/C8H9Cl2NO2S/c1-11(2)6-3-4-7(9)8(5-6)14(10,12)13/h3-5H,1-2H3. The maximum atomic E-state index is 11.1. The van der Waals surface area contributed by atoms with Crippen LogP contribution in [0, 0.1) is 0 Å². The largest absolute Gasteiger partial charge is 0.378 e. The molecule has 0 N–H and O–H groups in total. The summed E-state index contributed by atoms with van der Waals surface area (Å²) in [7, 11) is 5.03. The van der Waals surface area contributed by atoms with Crippen molar-refractivity contribution >= 4 is 37.0 Å². The molecule has 0 aliphatic carbocycles. The number of anilines is 1. The van der Waals surface area contributed by atoms with Gasteiger partial charge in [-0.1, -0.05) is 11.6 Å². The van der Waals surface area contributed by atoms with E-state index in [1.54, 1.807) is 25.1 Å². The van der Waals surface area contributed by atoms with Crippen LogP contribution in [-0.2, 0) is 9.05 Å². The summed E-state index contributed by atoms with van der Waals surface area (Å²) in [5, 5.41) is 0.130. The molecule has 0 heterocycles. The molecular formula is C8H9Cl2NO2S. The van der Waals surface area contributed by atoms with Crippen LogP contribution in [-0.4, -0.2) is 22.5 Å². The van der Waals surface area contributed by atoms with Crippen molar-refractivity contribution in [1.29, 1.82) is 0 Å². The molecule has 3 nitrogen and oxygen atoms in total. The average Bonchev–Trinajstić information content (AvgIpc) is 2.02. The third kappa shape index (κ3) is 2.53. The van der Waals surface area contributed by atoms with Crippen molar-refractivity contribution in [2.24, 2.45) is 0 Å². The minimum atomic E-state index is -3.78.